The van der Waals surface area contributed by atoms with E-state index in [9.17, 15) is 9.18 Å². The van der Waals surface area contributed by atoms with Crippen LogP contribution < -0.4 is 5.32 Å². The van der Waals surface area contributed by atoms with Gasteiger partial charge in [-0.25, -0.2) is 9.07 Å². The molecule has 24 heavy (non-hydrogen) atoms. The van der Waals surface area contributed by atoms with Gasteiger partial charge in [0.2, 0.25) is 0 Å². The number of halogens is 1. The molecule has 1 N–H and O–H groups in total. The summed E-state index contributed by atoms with van der Waals surface area (Å²) in [7, 11) is 0. The van der Waals surface area contributed by atoms with Gasteiger partial charge >= 0.3 is 0 Å². The van der Waals surface area contributed by atoms with Gasteiger partial charge in [-0.15, -0.1) is 11.3 Å². The maximum Gasteiger partial charge on any atom is 0.261 e. The molecule has 6 heteroatoms. The Morgan fingerprint density at radius 2 is 2.00 bits per heavy atom. The van der Waals surface area contributed by atoms with Crippen LogP contribution in [0.5, 0.6) is 0 Å². The molecule has 1 fully saturated rings. The van der Waals surface area contributed by atoms with Crippen molar-refractivity contribution in [3.63, 3.8) is 0 Å². The molecule has 0 radical (unpaired) electrons. The Labute approximate surface area is 143 Å². The van der Waals surface area contributed by atoms with E-state index in [0.717, 1.165) is 34.4 Å². The molecule has 1 saturated carbocycles. The average molecular weight is 343 g/mol. The lowest BCUT2D eigenvalue weighted by Crippen LogP contribution is -2.31. The number of amides is 1. The fourth-order valence-corrected chi connectivity index (χ4v) is 4.33. The summed E-state index contributed by atoms with van der Waals surface area (Å²) in [4.78, 5) is 14.1. The van der Waals surface area contributed by atoms with Crippen LogP contribution in [0.15, 0.2) is 30.3 Å². The van der Waals surface area contributed by atoms with Crippen molar-refractivity contribution in [3.05, 3.63) is 46.7 Å². The number of carbonyl (C=O) groups is 1. The van der Waals surface area contributed by atoms with Gasteiger partial charge in [0.1, 0.15) is 10.6 Å². The Balaban J connectivity index is 1.68. The van der Waals surface area contributed by atoms with Crippen LogP contribution in [0.4, 0.5) is 4.39 Å². The number of nitrogens with zero attached hydrogens (tertiary/aromatic N) is 2. The number of aromatic nitrogens is 2. The molecule has 0 aliphatic heterocycles. The van der Waals surface area contributed by atoms with Crippen molar-refractivity contribution in [2.24, 2.45) is 0 Å². The monoisotopic (exact) mass is 343 g/mol. The molecule has 0 spiro atoms. The van der Waals surface area contributed by atoms with Crippen molar-refractivity contribution in [3.8, 4) is 5.69 Å². The van der Waals surface area contributed by atoms with Crippen LogP contribution >= 0.6 is 11.3 Å². The first-order chi connectivity index (χ1) is 11.6. The zero-order valence-electron chi connectivity index (χ0n) is 13.4. The molecule has 0 bridgehead atoms. The predicted octanol–water partition coefficient (Wildman–Crippen LogP) is 4.21. The van der Waals surface area contributed by atoms with Gasteiger partial charge in [0, 0.05) is 11.4 Å². The molecule has 2 aromatic heterocycles. The number of aryl methyl sites for hydroxylation is 1. The highest BCUT2D eigenvalue weighted by Crippen LogP contribution is 2.31. The Morgan fingerprint density at radius 3 is 2.71 bits per heavy atom. The Kier molecular flexibility index (Phi) is 3.84. The highest BCUT2D eigenvalue weighted by molar-refractivity contribution is 7.20. The number of nitrogens with one attached hydrogen (secondary N) is 1. The van der Waals surface area contributed by atoms with E-state index < -0.39 is 0 Å². The number of fused-ring (bicyclic) bond motifs is 1. The molecule has 4 rings (SSSR count). The molecule has 124 valence electrons. The Bertz CT molecular complexity index is 891. The predicted molar refractivity (Wildman–Crippen MR) is 93.4 cm³/mol. The van der Waals surface area contributed by atoms with E-state index in [1.165, 1.54) is 36.3 Å². The molecule has 0 atom stereocenters. The van der Waals surface area contributed by atoms with E-state index in [0.29, 0.717) is 10.9 Å². The largest absolute Gasteiger partial charge is 0.349 e. The highest BCUT2D eigenvalue weighted by atomic mass is 32.1. The van der Waals surface area contributed by atoms with Crippen LogP contribution in [0, 0.1) is 12.7 Å². The number of hydrogen-bond acceptors (Lipinski definition) is 3. The lowest BCUT2D eigenvalue weighted by Gasteiger charge is -2.10. The first kappa shape index (κ1) is 15.3. The fraction of sp³-hybridized carbons (Fsp3) is 0.333. The van der Waals surface area contributed by atoms with Gasteiger partial charge in [-0.3, -0.25) is 4.79 Å². The van der Waals surface area contributed by atoms with E-state index in [1.807, 2.05) is 13.0 Å². The summed E-state index contributed by atoms with van der Waals surface area (Å²) in [6.07, 6.45) is 4.52. The molecular formula is C18H18FN3OS. The molecule has 2 heterocycles. The summed E-state index contributed by atoms with van der Waals surface area (Å²) < 4.78 is 14.9. The van der Waals surface area contributed by atoms with Gasteiger partial charge in [0.25, 0.3) is 5.91 Å². The second-order valence-corrected chi connectivity index (χ2v) is 7.29. The molecular weight excluding hydrogens is 325 g/mol. The van der Waals surface area contributed by atoms with E-state index >= 15 is 0 Å². The topological polar surface area (TPSA) is 46.9 Å². The molecule has 4 nitrogen and oxygen atoms in total. The minimum absolute atomic E-state index is 0.00634. The van der Waals surface area contributed by atoms with E-state index in [4.69, 9.17) is 0 Å². The third kappa shape index (κ3) is 2.71. The van der Waals surface area contributed by atoms with E-state index in [2.05, 4.69) is 10.4 Å². The van der Waals surface area contributed by atoms with E-state index in [1.54, 1.807) is 16.8 Å². The van der Waals surface area contributed by atoms with Crippen molar-refractivity contribution in [1.29, 1.82) is 0 Å². The summed E-state index contributed by atoms with van der Waals surface area (Å²) in [6.45, 7) is 1.92. The zero-order valence-corrected chi connectivity index (χ0v) is 14.2. The molecule has 1 aromatic carbocycles. The second kappa shape index (κ2) is 6.02. The average Bonchev–Trinajstić information content (AvgIpc) is 3.27. The number of rotatable bonds is 3. The van der Waals surface area contributed by atoms with E-state index in [-0.39, 0.29) is 11.7 Å². The van der Waals surface area contributed by atoms with Crippen molar-refractivity contribution < 1.29 is 9.18 Å². The summed E-state index contributed by atoms with van der Waals surface area (Å²) >= 11 is 1.43. The molecule has 1 amide bonds. The molecule has 3 aromatic rings. The minimum Gasteiger partial charge on any atom is -0.349 e. The zero-order chi connectivity index (χ0) is 16.7. The van der Waals surface area contributed by atoms with Crippen LogP contribution in [0.1, 0.15) is 41.0 Å². The number of carbonyl (C=O) groups excluding carboxylic acids is 1. The maximum atomic E-state index is 13.1. The smallest absolute Gasteiger partial charge is 0.261 e. The van der Waals surface area contributed by atoms with Crippen molar-refractivity contribution in [1.82, 2.24) is 15.1 Å². The first-order valence-electron chi connectivity index (χ1n) is 8.18. The Hall–Kier alpha value is -2.21. The Morgan fingerprint density at radius 1 is 1.29 bits per heavy atom. The standard InChI is InChI=1S/C18H18FN3OS/c1-11-15-10-16(17(23)20-13-4-2-3-5-13)24-18(15)22(21-11)14-8-6-12(19)7-9-14/h6-10,13H,2-5H2,1H3,(H,20,23). The third-order valence-electron chi connectivity index (χ3n) is 4.53. The van der Waals surface area contributed by atoms with Crippen molar-refractivity contribution >= 4 is 27.5 Å². The quantitative estimate of drug-likeness (QED) is 0.774. The fourth-order valence-electron chi connectivity index (χ4n) is 3.24. The van der Waals surface area contributed by atoms with Crippen LogP contribution in [0.2, 0.25) is 0 Å². The van der Waals surface area contributed by atoms with Crippen LogP contribution in [0.3, 0.4) is 0 Å². The highest BCUT2D eigenvalue weighted by Gasteiger charge is 2.21. The van der Waals surface area contributed by atoms with Gasteiger partial charge in [-0.2, -0.15) is 5.10 Å². The summed E-state index contributed by atoms with van der Waals surface area (Å²) in [5.74, 6) is -0.283. The number of hydrogen-bond donors (Lipinski definition) is 1. The van der Waals surface area contributed by atoms with Gasteiger partial charge in [-0.1, -0.05) is 12.8 Å². The third-order valence-corrected chi connectivity index (χ3v) is 5.64. The normalized spacial score (nSPS) is 15.2. The number of benzene rings is 1. The minimum atomic E-state index is -0.276. The van der Waals surface area contributed by atoms with Gasteiger partial charge in [-0.05, 0) is 50.1 Å². The first-order valence-corrected chi connectivity index (χ1v) is 8.99. The summed E-state index contributed by atoms with van der Waals surface area (Å²) in [5, 5.41) is 8.62. The summed E-state index contributed by atoms with van der Waals surface area (Å²) in [5.41, 5.74) is 1.66. The van der Waals surface area contributed by atoms with Crippen molar-refractivity contribution in [2.45, 2.75) is 38.6 Å². The molecule has 1 aliphatic carbocycles. The van der Waals surface area contributed by atoms with Gasteiger partial charge in [0.15, 0.2) is 0 Å². The van der Waals surface area contributed by atoms with Gasteiger partial charge in [0.05, 0.1) is 16.3 Å². The molecule has 0 unspecified atom stereocenters. The molecule has 0 saturated heterocycles. The molecule has 1 aliphatic rings. The lowest BCUT2D eigenvalue weighted by atomic mass is 10.2. The van der Waals surface area contributed by atoms with Crippen molar-refractivity contribution in [2.75, 3.05) is 0 Å². The SMILES string of the molecule is Cc1nn(-c2ccc(F)cc2)c2sc(C(=O)NC3CCCC3)cc12. The second-order valence-electron chi connectivity index (χ2n) is 6.26. The van der Waals surface area contributed by atoms with Gasteiger partial charge < -0.3 is 5.32 Å². The van der Waals surface area contributed by atoms with Crippen LogP contribution in [-0.2, 0) is 0 Å². The number of thiophene rings is 1. The van der Waals surface area contributed by atoms with Crippen LogP contribution in [-0.4, -0.2) is 21.7 Å². The maximum absolute atomic E-state index is 13.1. The lowest BCUT2D eigenvalue weighted by molar-refractivity contribution is 0.0942. The summed E-state index contributed by atoms with van der Waals surface area (Å²) in [6, 6.07) is 8.43. The van der Waals surface area contributed by atoms with Crippen LogP contribution in [0.25, 0.3) is 15.9 Å².